The average molecular weight is 416 g/mol. The first-order chi connectivity index (χ1) is 15.0. The normalized spacial score (nSPS) is 10.8. The molecule has 0 radical (unpaired) electrons. The van der Waals surface area contributed by atoms with Crippen LogP contribution in [0.1, 0.15) is 21.7 Å². The molecule has 9 heteroatoms. The molecule has 0 atom stereocenters. The molecule has 0 saturated carbocycles. The average Bonchev–Trinajstić information content (AvgIpc) is 3.08. The third kappa shape index (κ3) is 3.93. The standard InChI is InChI=1S/C22H20N6O3/c1-14-12-18(15(2)28(14)16-8-4-3-5-9-16)21(30)25-24-20(29)13-27-22(31)17-10-6-7-11-19(17)23-26-27/h3-12H,13H2,1-2H3,(H,24,29)(H,25,30). The Morgan fingerprint density at radius 1 is 0.968 bits per heavy atom. The Kier molecular flexibility index (Phi) is 5.31. The van der Waals surface area contributed by atoms with Gasteiger partial charge in [0.25, 0.3) is 17.4 Å². The maximum Gasteiger partial charge on any atom is 0.278 e. The molecule has 0 aliphatic rings. The largest absolute Gasteiger partial charge is 0.318 e. The lowest BCUT2D eigenvalue weighted by Gasteiger charge is -2.10. The van der Waals surface area contributed by atoms with Gasteiger partial charge in [-0.15, -0.1) is 5.10 Å². The molecule has 2 aromatic carbocycles. The van der Waals surface area contributed by atoms with Crippen molar-refractivity contribution < 1.29 is 9.59 Å². The number of nitrogens with zero attached hydrogens (tertiary/aromatic N) is 4. The molecule has 4 aromatic rings. The van der Waals surface area contributed by atoms with Crippen LogP contribution in [0, 0.1) is 13.8 Å². The number of nitrogens with one attached hydrogen (secondary N) is 2. The van der Waals surface area contributed by atoms with Crippen molar-refractivity contribution in [1.29, 1.82) is 0 Å². The molecule has 2 aromatic heterocycles. The fourth-order valence-corrected chi connectivity index (χ4v) is 3.46. The molecule has 2 amide bonds. The Morgan fingerprint density at radius 2 is 1.68 bits per heavy atom. The number of rotatable bonds is 4. The number of hydrogen-bond donors (Lipinski definition) is 2. The van der Waals surface area contributed by atoms with E-state index in [2.05, 4.69) is 21.2 Å². The Hall–Kier alpha value is -4.27. The van der Waals surface area contributed by atoms with Gasteiger partial charge in [-0.25, -0.2) is 4.68 Å². The van der Waals surface area contributed by atoms with Gasteiger partial charge in [-0.1, -0.05) is 35.5 Å². The summed E-state index contributed by atoms with van der Waals surface area (Å²) >= 11 is 0. The molecular formula is C22H20N6O3. The van der Waals surface area contributed by atoms with E-state index in [1.54, 1.807) is 30.3 Å². The number of hydrogen-bond acceptors (Lipinski definition) is 5. The Morgan fingerprint density at radius 3 is 2.45 bits per heavy atom. The minimum Gasteiger partial charge on any atom is -0.318 e. The molecule has 0 unspecified atom stereocenters. The summed E-state index contributed by atoms with van der Waals surface area (Å²) in [5, 5.41) is 8.07. The van der Waals surface area contributed by atoms with Crippen LogP contribution >= 0.6 is 0 Å². The molecule has 0 bridgehead atoms. The van der Waals surface area contributed by atoms with Crippen LogP contribution in [0.2, 0.25) is 0 Å². The maximum atomic E-state index is 12.6. The van der Waals surface area contributed by atoms with E-state index in [1.807, 2.05) is 48.7 Å². The number of para-hydroxylation sites is 1. The zero-order valence-electron chi connectivity index (χ0n) is 17.0. The smallest absolute Gasteiger partial charge is 0.278 e. The van der Waals surface area contributed by atoms with Crippen LogP contribution < -0.4 is 16.4 Å². The number of benzene rings is 2. The summed E-state index contributed by atoms with van der Waals surface area (Å²) in [6.45, 7) is 3.36. The van der Waals surface area contributed by atoms with E-state index < -0.39 is 17.4 Å². The summed E-state index contributed by atoms with van der Waals surface area (Å²) in [4.78, 5) is 37.3. The second-order valence-electron chi connectivity index (χ2n) is 7.03. The first kappa shape index (κ1) is 20.0. The third-order valence-corrected chi connectivity index (χ3v) is 4.93. The predicted molar refractivity (Wildman–Crippen MR) is 115 cm³/mol. The van der Waals surface area contributed by atoms with Crippen molar-refractivity contribution in [3.8, 4) is 5.69 Å². The van der Waals surface area contributed by atoms with Crippen LogP contribution in [0.5, 0.6) is 0 Å². The second-order valence-corrected chi connectivity index (χ2v) is 7.03. The number of fused-ring (bicyclic) bond motifs is 1. The van der Waals surface area contributed by atoms with Gasteiger partial charge in [-0.05, 0) is 44.2 Å². The highest BCUT2D eigenvalue weighted by atomic mass is 16.2. The van der Waals surface area contributed by atoms with E-state index in [4.69, 9.17) is 0 Å². The number of aryl methyl sites for hydroxylation is 1. The predicted octanol–water partition coefficient (Wildman–Crippen LogP) is 1.66. The summed E-state index contributed by atoms with van der Waals surface area (Å²) in [7, 11) is 0. The SMILES string of the molecule is Cc1cc(C(=O)NNC(=O)Cn2nnc3ccccc3c2=O)c(C)n1-c1ccccc1. The number of carbonyl (C=O) groups excluding carboxylic acids is 2. The number of amides is 2. The van der Waals surface area contributed by atoms with Crippen LogP contribution in [0.15, 0.2) is 65.5 Å². The van der Waals surface area contributed by atoms with Crippen LogP contribution in [-0.4, -0.2) is 31.4 Å². The zero-order chi connectivity index (χ0) is 22.0. The van der Waals surface area contributed by atoms with Gasteiger partial charge in [0, 0.05) is 17.1 Å². The molecule has 0 aliphatic heterocycles. The Bertz CT molecular complexity index is 1340. The van der Waals surface area contributed by atoms with Crippen molar-refractivity contribution >= 4 is 22.7 Å². The van der Waals surface area contributed by atoms with Crippen molar-refractivity contribution in [2.75, 3.05) is 0 Å². The molecular weight excluding hydrogens is 396 g/mol. The van der Waals surface area contributed by atoms with Gasteiger partial charge in [-0.2, -0.15) is 0 Å². The minimum atomic E-state index is -0.600. The molecule has 2 N–H and O–H groups in total. The van der Waals surface area contributed by atoms with Gasteiger partial charge in [0.1, 0.15) is 12.1 Å². The van der Waals surface area contributed by atoms with Crippen molar-refractivity contribution in [3.05, 3.63) is 88.0 Å². The Balaban J connectivity index is 1.45. The number of hydrazine groups is 1. The van der Waals surface area contributed by atoms with Crippen LogP contribution in [0.25, 0.3) is 16.6 Å². The topological polar surface area (TPSA) is 111 Å². The third-order valence-electron chi connectivity index (χ3n) is 4.93. The lowest BCUT2D eigenvalue weighted by molar-refractivity contribution is -0.122. The van der Waals surface area contributed by atoms with Crippen molar-refractivity contribution in [2.24, 2.45) is 0 Å². The molecule has 0 spiro atoms. The molecule has 0 saturated heterocycles. The molecule has 2 heterocycles. The maximum absolute atomic E-state index is 12.6. The summed E-state index contributed by atoms with van der Waals surface area (Å²) in [5.74, 6) is -1.06. The van der Waals surface area contributed by atoms with E-state index in [-0.39, 0.29) is 6.54 Å². The highest BCUT2D eigenvalue weighted by molar-refractivity contribution is 5.97. The monoisotopic (exact) mass is 416 g/mol. The van der Waals surface area contributed by atoms with Crippen molar-refractivity contribution in [3.63, 3.8) is 0 Å². The molecule has 31 heavy (non-hydrogen) atoms. The van der Waals surface area contributed by atoms with Crippen LogP contribution in [0.4, 0.5) is 0 Å². The van der Waals surface area contributed by atoms with Gasteiger partial charge in [-0.3, -0.25) is 25.2 Å². The summed E-state index contributed by atoms with van der Waals surface area (Å²) in [6, 6.07) is 18.2. The number of aromatic nitrogens is 4. The quantitative estimate of drug-likeness (QED) is 0.492. The van der Waals surface area contributed by atoms with E-state index >= 15 is 0 Å². The molecule has 4 rings (SSSR count). The van der Waals surface area contributed by atoms with Gasteiger partial charge in [0.15, 0.2) is 0 Å². The van der Waals surface area contributed by atoms with E-state index in [9.17, 15) is 14.4 Å². The number of carbonyl (C=O) groups is 2. The van der Waals surface area contributed by atoms with Crippen LogP contribution in [0.3, 0.4) is 0 Å². The zero-order valence-corrected chi connectivity index (χ0v) is 17.0. The lowest BCUT2D eigenvalue weighted by atomic mass is 10.2. The van der Waals surface area contributed by atoms with Gasteiger partial charge < -0.3 is 4.57 Å². The summed E-state index contributed by atoms with van der Waals surface area (Å²) in [6.07, 6.45) is 0. The highest BCUT2D eigenvalue weighted by Gasteiger charge is 2.17. The second kappa shape index (κ2) is 8.23. The fraction of sp³-hybridized carbons (Fsp3) is 0.136. The molecule has 9 nitrogen and oxygen atoms in total. The molecule has 156 valence electrons. The van der Waals surface area contributed by atoms with E-state index in [0.29, 0.717) is 16.5 Å². The summed E-state index contributed by atoms with van der Waals surface area (Å²) in [5.41, 5.74) is 7.74. The van der Waals surface area contributed by atoms with Crippen LogP contribution in [-0.2, 0) is 11.3 Å². The first-order valence-electron chi connectivity index (χ1n) is 9.62. The summed E-state index contributed by atoms with van der Waals surface area (Å²) < 4.78 is 2.91. The van der Waals surface area contributed by atoms with Gasteiger partial charge in [0.05, 0.1) is 10.9 Å². The molecule has 0 aliphatic carbocycles. The van der Waals surface area contributed by atoms with Crippen molar-refractivity contribution in [2.45, 2.75) is 20.4 Å². The van der Waals surface area contributed by atoms with Crippen molar-refractivity contribution in [1.82, 2.24) is 30.4 Å². The van der Waals surface area contributed by atoms with Gasteiger partial charge in [0.2, 0.25) is 0 Å². The first-order valence-corrected chi connectivity index (χ1v) is 9.62. The lowest BCUT2D eigenvalue weighted by Crippen LogP contribution is -2.44. The fourth-order valence-electron chi connectivity index (χ4n) is 3.46. The Labute approximate surface area is 177 Å². The van der Waals surface area contributed by atoms with E-state index in [0.717, 1.165) is 21.8 Å². The van der Waals surface area contributed by atoms with Gasteiger partial charge >= 0.3 is 0 Å². The highest BCUT2D eigenvalue weighted by Crippen LogP contribution is 2.20. The minimum absolute atomic E-state index is 0.364. The molecule has 0 fully saturated rings. The van der Waals surface area contributed by atoms with E-state index in [1.165, 1.54) is 0 Å².